The molecule has 3 N–H and O–H groups in total. The van der Waals surface area contributed by atoms with Crippen LogP contribution in [0.3, 0.4) is 0 Å². The van der Waals surface area contributed by atoms with Crippen LogP contribution in [0.1, 0.15) is 19.4 Å². The van der Waals surface area contributed by atoms with Gasteiger partial charge in [-0.1, -0.05) is 37.0 Å². The van der Waals surface area contributed by atoms with E-state index in [4.69, 9.17) is 33.7 Å². The molecule has 0 spiro atoms. The van der Waals surface area contributed by atoms with Crippen molar-refractivity contribution in [2.24, 2.45) is 11.7 Å². The lowest BCUT2D eigenvalue weighted by Gasteiger charge is -2.16. The van der Waals surface area contributed by atoms with Gasteiger partial charge in [-0.25, -0.2) is 0 Å². The Balaban J connectivity index is 2.87. The van der Waals surface area contributed by atoms with Crippen molar-refractivity contribution >= 4 is 29.1 Å². The average Bonchev–Trinajstić information content (AvgIpc) is 2.34. The second kappa shape index (κ2) is 7.58. The average molecular weight is 305 g/mol. The number of ether oxygens (including phenoxy) is 1. The van der Waals surface area contributed by atoms with E-state index in [1.165, 1.54) is 0 Å². The quantitative estimate of drug-likeness (QED) is 0.814. The highest BCUT2D eigenvalue weighted by molar-refractivity contribution is 6.35. The molecule has 0 aliphatic carbocycles. The largest absolute Gasteiger partial charge is 0.491 e. The maximum atomic E-state index is 11.0. The summed E-state index contributed by atoms with van der Waals surface area (Å²) in [6, 6.07) is 3.41. The van der Waals surface area contributed by atoms with Crippen LogP contribution < -0.4 is 15.8 Å². The van der Waals surface area contributed by atoms with Gasteiger partial charge in [0.05, 0.1) is 17.5 Å². The maximum Gasteiger partial charge on any atom is 0.223 e. The van der Waals surface area contributed by atoms with Crippen LogP contribution >= 0.6 is 23.2 Å². The van der Waals surface area contributed by atoms with Crippen LogP contribution in [-0.4, -0.2) is 19.1 Å². The highest BCUT2D eigenvalue weighted by Crippen LogP contribution is 2.32. The van der Waals surface area contributed by atoms with E-state index in [9.17, 15) is 4.79 Å². The molecule has 0 aromatic heterocycles. The summed E-state index contributed by atoms with van der Waals surface area (Å²) in [6.07, 6.45) is 0. The van der Waals surface area contributed by atoms with Gasteiger partial charge in [0.2, 0.25) is 5.91 Å². The zero-order valence-electron chi connectivity index (χ0n) is 11.0. The number of hydrogen-bond acceptors (Lipinski definition) is 3. The first-order valence-corrected chi connectivity index (χ1v) is 6.82. The molecule has 6 heteroatoms. The number of nitrogens with two attached hydrogens (primary N) is 1. The smallest absolute Gasteiger partial charge is 0.223 e. The minimum absolute atomic E-state index is 0.190. The molecule has 1 aromatic carbocycles. The summed E-state index contributed by atoms with van der Waals surface area (Å²) < 4.78 is 5.61. The molecule has 0 aliphatic rings. The van der Waals surface area contributed by atoms with Gasteiger partial charge in [0.25, 0.3) is 0 Å². The third-order valence-corrected chi connectivity index (χ3v) is 3.11. The molecule has 1 amide bonds. The van der Waals surface area contributed by atoms with Gasteiger partial charge in [0, 0.05) is 17.1 Å². The Morgan fingerprint density at radius 3 is 2.74 bits per heavy atom. The molecule has 0 heterocycles. The number of primary amides is 1. The fraction of sp³-hybridized carbons (Fsp3) is 0.462. The van der Waals surface area contributed by atoms with Gasteiger partial charge in [-0.15, -0.1) is 0 Å². The number of amides is 1. The number of carbonyl (C=O) groups is 1. The molecule has 4 nitrogen and oxygen atoms in total. The molecule has 1 atom stereocenters. The minimum atomic E-state index is -0.404. The number of hydrogen-bond donors (Lipinski definition) is 2. The SMILES string of the molecule is CCNCc1cc(Cl)cc(Cl)c1OCC(C)C(N)=O. The number of benzene rings is 1. The molecule has 106 valence electrons. The van der Waals surface area contributed by atoms with Crippen LogP contribution in [0.15, 0.2) is 12.1 Å². The van der Waals surface area contributed by atoms with Crippen LogP contribution in [0.25, 0.3) is 0 Å². The van der Waals surface area contributed by atoms with Gasteiger partial charge in [-0.2, -0.15) is 0 Å². The summed E-state index contributed by atoms with van der Waals surface area (Å²) in [5.41, 5.74) is 6.05. The maximum absolute atomic E-state index is 11.0. The highest BCUT2D eigenvalue weighted by Gasteiger charge is 2.14. The van der Waals surface area contributed by atoms with Crippen LogP contribution in [0.5, 0.6) is 5.75 Å². The highest BCUT2D eigenvalue weighted by atomic mass is 35.5. The van der Waals surface area contributed by atoms with E-state index in [1.807, 2.05) is 6.92 Å². The van der Waals surface area contributed by atoms with Gasteiger partial charge in [-0.3, -0.25) is 4.79 Å². The van der Waals surface area contributed by atoms with E-state index in [2.05, 4.69) is 5.32 Å². The monoisotopic (exact) mass is 304 g/mol. The summed E-state index contributed by atoms with van der Waals surface area (Å²) in [4.78, 5) is 11.0. The molecule has 0 saturated carbocycles. The number of nitrogens with one attached hydrogen (secondary N) is 1. The van der Waals surface area contributed by atoms with Crippen molar-refractivity contribution in [1.82, 2.24) is 5.32 Å². The summed E-state index contributed by atoms with van der Waals surface area (Å²) in [6.45, 7) is 5.31. The molecule has 0 radical (unpaired) electrons. The molecule has 19 heavy (non-hydrogen) atoms. The van der Waals surface area contributed by atoms with E-state index >= 15 is 0 Å². The van der Waals surface area contributed by atoms with Gasteiger partial charge < -0.3 is 15.8 Å². The predicted octanol–water partition coefficient (Wildman–Crippen LogP) is 2.60. The van der Waals surface area contributed by atoms with Crippen molar-refractivity contribution < 1.29 is 9.53 Å². The fourth-order valence-corrected chi connectivity index (χ4v) is 2.05. The second-order valence-corrected chi connectivity index (χ2v) is 5.11. The summed E-state index contributed by atoms with van der Waals surface area (Å²) >= 11 is 12.1. The van der Waals surface area contributed by atoms with Crippen LogP contribution in [-0.2, 0) is 11.3 Å². The molecule has 0 bridgehead atoms. The number of halogens is 2. The first-order chi connectivity index (χ1) is 8.95. The lowest BCUT2D eigenvalue weighted by molar-refractivity contribution is -0.122. The number of rotatable bonds is 7. The molecule has 1 unspecified atom stereocenters. The molecule has 0 saturated heterocycles. The van der Waals surface area contributed by atoms with Crippen LogP contribution in [0.4, 0.5) is 0 Å². The van der Waals surface area contributed by atoms with Gasteiger partial charge in [0.15, 0.2) is 0 Å². The molecule has 0 aliphatic heterocycles. The topological polar surface area (TPSA) is 64.3 Å². The molecular formula is C13H18Cl2N2O2. The Morgan fingerprint density at radius 1 is 1.47 bits per heavy atom. The Hall–Kier alpha value is -0.970. The molecule has 1 aromatic rings. The van der Waals surface area contributed by atoms with Crippen LogP contribution in [0, 0.1) is 5.92 Å². The van der Waals surface area contributed by atoms with E-state index in [0.717, 1.165) is 12.1 Å². The van der Waals surface area contributed by atoms with E-state index in [1.54, 1.807) is 19.1 Å². The van der Waals surface area contributed by atoms with Crippen molar-refractivity contribution in [1.29, 1.82) is 0 Å². The predicted molar refractivity (Wildman–Crippen MR) is 77.7 cm³/mol. The van der Waals surface area contributed by atoms with Gasteiger partial charge in [0.1, 0.15) is 5.75 Å². The zero-order valence-corrected chi connectivity index (χ0v) is 12.5. The minimum Gasteiger partial charge on any atom is -0.491 e. The third kappa shape index (κ3) is 4.90. The van der Waals surface area contributed by atoms with Crippen molar-refractivity contribution in [3.05, 3.63) is 27.7 Å². The fourth-order valence-electron chi connectivity index (χ4n) is 1.46. The van der Waals surface area contributed by atoms with E-state index in [0.29, 0.717) is 22.3 Å². The van der Waals surface area contributed by atoms with Gasteiger partial charge in [-0.05, 0) is 18.7 Å². The van der Waals surface area contributed by atoms with E-state index < -0.39 is 5.91 Å². The lowest BCUT2D eigenvalue weighted by atomic mass is 10.1. The van der Waals surface area contributed by atoms with E-state index in [-0.39, 0.29) is 12.5 Å². The van der Waals surface area contributed by atoms with Crippen molar-refractivity contribution in [3.63, 3.8) is 0 Å². The van der Waals surface area contributed by atoms with Crippen molar-refractivity contribution in [3.8, 4) is 5.75 Å². The van der Waals surface area contributed by atoms with Crippen molar-refractivity contribution in [2.75, 3.05) is 13.2 Å². The molecule has 1 rings (SSSR count). The van der Waals surface area contributed by atoms with Gasteiger partial charge >= 0.3 is 0 Å². The summed E-state index contributed by atoms with van der Waals surface area (Å²) in [5, 5.41) is 4.16. The third-order valence-electron chi connectivity index (χ3n) is 2.61. The Bertz CT molecular complexity index is 453. The standard InChI is InChI=1S/C13H18Cl2N2O2/c1-3-17-6-9-4-10(14)5-11(15)12(9)19-7-8(2)13(16)18/h4-5,8,17H,3,6-7H2,1-2H3,(H2,16,18). The lowest BCUT2D eigenvalue weighted by Crippen LogP contribution is -2.26. The Labute approximate surface area is 123 Å². The Kier molecular flexibility index (Phi) is 6.42. The number of carbonyl (C=O) groups excluding carboxylic acids is 1. The van der Waals surface area contributed by atoms with Crippen molar-refractivity contribution in [2.45, 2.75) is 20.4 Å². The zero-order chi connectivity index (χ0) is 14.4. The first kappa shape index (κ1) is 16.1. The molecule has 0 fully saturated rings. The summed E-state index contributed by atoms with van der Waals surface area (Å²) in [5.74, 6) is -0.239. The normalized spacial score (nSPS) is 12.2. The molecular weight excluding hydrogens is 287 g/mol. The Morgan fingerprint density at radius 2 is 2.16 bits per heavy atom. The van der Waals surface area contributed by atoms with Crippen LogP contribution in [0.2, 0.25) is 10.0 Å². The second-order valence-electron chi connectivity index (χ2n) is 4.27. The first-order valence-electron chi connectivity index (χ1n) is 6.06. The summed E-state index contributed by atoms with van der Waals surface area (Å²) in [7, 11) is 0.